The van der Waals surface area contributed by atoms with Gasteiger partial charge in [-0.05, 0) is 41.3 Å². The van der Waals surface area contributed by atoms with E-state index < -0.39 is 0 Å². The Morgan fingerprint density at radius 2 is 1.56 bits per heavy atom. The number of fused-ring (bicyclic) bond motifs is 1. The number of esters is 1. The van der Waals surface area contributed by atoms with Gasteiger partial charge in [0.2, 0.25) is 5.91 Å². The number of amides is 1. The highest BCUT2D eigenvalue weighted by molar-refractivity contribution is 5.95. The molecule has 0 radical (unpaired) electrons. The molecule has 1 N–H and O–H groups in total. The standard InChI is InChI=1S/C23H23NO3/c25-22(24-21-13-12-19-10-4-5-11-20(19)17-21)14-15-23(26)27-16-6-9-18-7-2-1-3-8-18/h1-5,7-8,10-13,17H,6,9,14-16H2,(H,24,25). The van der Waals surface area contributed by atoms with E-state index in [1.807, 2.05) is 60.7 Å². The minimum Gasteiger partial charge on any atom is -0.466 e. The molecule has 0 unspecified atom stereocenters. The lowest BCUT2D eigenvalue weighted by Crippen LogP contribution is -2.15. The summed E-state index contributed by atoms with van der Waals surface area (Å²) in [5, 5.41) is 5.01. The van der Waals surface area contributed by atoms with Crippen LogP contribution in [-0.2, 0) is 20.7 Å². The zero-order valence-corrected chi connectivity index (χ0v) is 15.2. The van der Waals surface area contributed by atoms with Crippen LogP contribution in [0.15, 0.2) is 72.8 Å². The molecule has 0 bridgehead atoms. The molecule has 4 heteroatoms. The lowest BCUT2D eigenvalue weighted by Gasteiger charge is -2.07. The molecule has 0 aromatic heterocycles. The fraction of sp³-hybridized carbons (Fsp3) is 0.217. The van der Waals surface area contributed by atoms with Gasteiger partial charge in [-0.3, -0.25) is 9.59 Å². The van der Waals surface area contributed by atoms with Crippen molar-refractivity contribution in [3.8, 4) is 0 Å². The predicted molar refractivity (Wildman–Crippen MR) is 108 cm³/mol. The third-order valence-corrected chi connectivity index (χ3v) is 4.31. The average Bonchev–Trinajstić information content (AvgIpc) is 2.70. The summed E-state index contributed by atoms with van der Waals surface area (Å²) in [6, 6.07) is 23.8. The Morgan fingerprint density at radius 3 is 2.37 bits per heavy atom. The Hall–Kier alpha value is -3.14. The van der Waals surface area contributed by atoms with E-state index in [1.54, 1.807) is 0 Å². The van der Waals surface area contributed by atoms with E-state index in [4.69, 9.17) is 4.74 Å². The van der Waals surface area contributed by atoms with Crippen molar-refractivity contribution in [2.45, 2.75) is 25.7 Å². The van der Waals surface area contributed by atoms with Crippen molar-refractivity contribution in [2.75, 3.05) is 11.9 Å². The maximum atomic E-state index is 12.0. The van der Waals surface area contributed by atoms with E-state index in [1.165, 1.54) is 5.56 Å². The van der Waals surface area contributed by atoms with Crippen molar-refractivity contribution >= 4 is 28.3 Å². The second kappa shape index (κ2) is 9.53. The lowest BCUT2D eigenvalue weighted by atomic mass is 10.1. The third-order valence-electron chi connectivity index (χ3n) is 4.31. The molecule has 0 saturated carbocycles. The van der Waals surface area contributed by atoms with Crippen LogP contribution < -0.4 is 5.32 Å². The van der Waals surface area contributed by atoms with Crippen LogP contribution in [0.5, 0.6) is 0 Å². The first-order valence-electron chi connectivity index (χ1n) is 9.19. The first kappa shape index (κ1) is 18.6. The molecule has 3 aromatic rings. The normalized spacial score (nSPS) is 10.5. The van der Waals surface area contributed by atoms with Gasteiger partial charge in [0.25, 0.3) is 0 Å². The Labute approximate surface area is 159 Å². The molecular weight excluding hydrogens is 338 g/mol. The van der Waals surface area contributed by atoms with Crippen LogP contribution in [0.4, 0.5) is 5.69 Å². The molecule has 0 fully saturated rings. The molecule has 0 aliphatic heterocycles. The molecule has 4 nitrogen and oxygen atoms in total. The summed E-state index contributed by atoms with van der Waals surface area (Å²) in [4.78, 5) is 23.8. The number of ether oxygens (including phenoxy) is 1. The van der Waals surface area contributed by atoms with Gasteiger partial charge in [0.05, 0.1) is 13.0 Å². The molecule has 0 atom stereocenters. The summed E-state index contributed by atoms with van der Waals surface area (Å²) < 4.78 is 5.20. The number of aryl methyl sites for hydroxylation is 1. The third kappa shape index (κ3) is 5.96. The Balaban J connectivity index is 1.36. The van der Waals surface area contributed by atoms with Crippen LogP contribution >= 0.6 is 0 Å². The molecule has 138 valence electrons. The highest BCUT2D eigenvalue weighted by atomic mass is 16.5. The van der Waals surface area contributed by atoms with Gasteiger partial charge in [-0.25, -0.2) is 0 Å². The fourth-order valence-corrected chi connectivity index (χ4v) is 2.89. The van der Waals surface area contributed by atoms with Crippen LogP contribution in [0.2, 0.25) is 0 Å². The maximum Gasteiger partial charge on any atom is 0.306 e. The number of carbonyl (C=O) groups excluding carboxylic acids is 2. The molecular formula is C23H23NO3. The Morgan fingerprint density at radius 1 is 0.815 bits per heavy atom. The van der Waals surface area contributed by atoms with Gasteiger partial charge in [-0.2, -0.15) is 0 Å². The minimum atomic E-state index is -0.336. The molecule has 27 heavy (non-hydrogen) atoms. The van der Waals surface area contributed by atoms with E-state index >= 15 is 0 Å². The van der Waals surface area contributed by atoms with E-state index in [2.05, 4.69) is 17.4 Å². The van der Waals surface area contributed by atoms with Crippen LogP contribution in [-0.4, -0.2) is 18.5 Å². The van der Waals surface area contributed by atoms with E-state index in [0.29, 0.717) is 6.61 Å². The van der Waals surface area contributed by atoms with Gasteiger partial charge in [-0.1, -0.05) is 60.7 Å². The van der Waals surface area contributed by atoms with Crippen molar-refractivity contribution < 1.29 is 14.3 Å². The first-order chi connectivity index (χ1) is 13.2. The second-order valence-electron chi connectivity index (χ2n) is 6.42. The van der Waals surface area contributed by atoms with Gasteiger partial charge in [0, 0.05) is 12.1 Å². The van der Waals surface area contributed by atoms with E-state index in [0.717, 1.165) is 29.3 Å². The number of hydrogen-bond donors (Lipinski definition) is 1. The van der Waals surface area contributed by atoms with Crippen LogP contribution in [0.3, 0.4) is 0 Å². The molecule has 0 heterocycles. The largest absolute Gasteiger partial charge is 0.466 e. The highest BCUT2D eigenvalue weighted by Gasteiger charge is 2.09. The smallest absolute Gasteiger partial charge is 0.306 e. The summed E-state index contributed by atoms with van der Waals surface area (Å²) in [6.07, 6.45) is 1.85. The van der Waals surface area contributed by atoms with Crippen LogP contribution in [0.25, 0.3) is 10.8 Å². The van der Waals surface area contributed by atoms with Gasteiger partial charge < -0.3 is 10.1 Å². The molecule has 0 aliphatic carbocycles. The lowest BCUT2D eigenvalue weighted by molar-refractivity contribution is -0.144. The summed E-state index contributed by atoms with van der Waals surface area (Å²) in [6.45, 7) is 0.375. The van der Waals surface area contributed by atoms with Crippen molar-refractivity contribution in [2.24, 2.45) is 0 Å². The van der Waals surface area contributed by atoms with E-state index in [-0.39, 0.29) is 24.7 Å². The Bertz CT molecular complexity index is 906. The zero-order valence-electron chi connectivity index (χ0n) is 15.2. The van der Waals surface area contributed by atoms with Gasteiger partial charge >= 0.3 is 5.97 Å². The summed E-state index contributed by atoms with van der Waals surface area (Å²) in [7, 11) is 0. The molecule has 0 aliphatic rings. The molecule has 1 amide bonds. The molecule has 0 spiro atoms. The van der Waals surface area contributed by atoms with E-state index in [9.17, 15) is 9.59 Å². The molecule has 3 rings (SSSR count). The second-order valence-corrected chi connectivity index (χ2v) is 6.42. The van der Waals surface area contributed by atoms with Crippen molar-refractivity contribution in [3.63, 3.8) is 0 Å². The number of nitrogens with one attached hydrogen (secondary N) is 1. The zero-order chi connectivity index (χ0) is 18.9. The quantitative estimate of drug-likeness (QED) is 0.466. The predicted octanol–water partition coefficient (Wildman–Crippen LogP) is 4.73. The number of rotatable bonds is 8. The summed E-state index contributed by atoms with van der Waals surface area (Å²) in [5.41, 5.74) is 1.96. The Kier molecular flexibility index (Phi) is 6.58. The first-order valence-corrected chi connectivity index (χ1v) is 9.19. The number of carbonyl (C=O) groups is 2. The number of benzene rings is 3. The number of hydrogen-bond acceptors (Lipinski definition) is 3. The SMILES string of the molecule is O=C(CCC(=O)OCCCc1ccccc1)Nc1ccc2ccccc2c1. The summed E-state index contributed by atoms with van der Waals surface area (Å²) in [5.74, 6) is -0.525. The highest BCUT2D eigenvalue weighted by Crippen LogP contribution is 2.19. The monoisotopic (exact) mass is 361 g/mol. The maximum absolute atomic E-state index is 12.0. The van der Waals surface area contributed by atoms with Gasteiger partial charge in [0.15, 0.2) is 0 Å². The van der Waals surface area contributed by atoms with Crippen molar-refractivity contribution in [1.29, 1.82) is 0 Å². The average molecular weight is 361 g/mol. The fourth-order valence-electron chi connectivity index (χ4n) is 2.89. The minimum absolute atomic E-state index is 0.0880. The topological polar surface area (TPSA) is 55.4 Å². The molecule has 0 saturated heterocycles. The van der Waals surface area contributed by atoms with Gasteiger partial charge in [-0.15, -0.1) is 0 Å². The molecule has 3 aromatic carbocycles. The van der Waals surface area contributed by atoms with Gasteiger partial charge in [0.1, 0.15) is 0 Å². The van der Waals surface area contributed by atoms with Crippen molar-refractivity contribution in [3.05, 3.63) is 78.4 Å². The van der Waals surface area contributed by atoms with Crippen LogP contribution in [0.1, 0.15) is 24.8 Å². The van der Waals surface area contributed by atoms with Crippen molar-refractivity contribution in [1.82, 2.24) is 0 Å². The summed E-state index contributed by atoms with van der Waals surface area (Å²) >= 11 is 0. The van der Waals surface area contributed by atoms with Crippen LogP contribution in [0, 0.1) is 0 Å². The number of anilines is 1.